The van der Waals surface area contributed by atoms with Gasteiger partial charge in [-0.25, -0.2) is 4.79 Å². The number of alkyl carbamates (subject to hydrolysis) is 1. The number of hydrogen-bond donors (Lipinski definition) is 1. The number of ether oxygens (including phenoxy) is 1. The Bertz CT molecular complexity index is 366. The monoisotopic (exact) mass is 238 g/mol. The third-order valence-corrected chi connectivity index (χ3v) is 2.45. The van der Waals surface area contributed by atoms with Crippen LogP contribution in [0.5, 0.6) is 0 Å². The smallest absolute Gasteiger partial charge is 0.412 e. The molecule has 1 rings (SSSR count). The lowest BCUT2D eigenvalue weighted by molar-refractivity contribution is 0.177. The summed E-state index contributed by atoms with van der Waals surface area (Å²) in [5.41, 5.74) is 1.10. The lowest BCUT2D eigenvalue weighted by Gasteiger charge is -2.04. The number of nitrogens with one attached hydrogen (secondary N) is 1. The largest absolute Gasteiger partial charge is 0.453 e. The van der Waals surface area contributed by atoms with Crippen LogP contribution < -0.4 is 5.32 Å². The summed E-state index contributed by atoms with van der Waals surface area (Å²) in [6.07, 6.45) is 1.35. The first-order valence-corrected chi connectivity index (χ1v) is 5.96. The summed E-state index contributed by atoms with van der Waals surface area (Å²) in [5, 5.41) is 3.09. The second-order valence-corrected chi connectivity index (χ2v) is 3.72. The van der Waals surface area contributed by atoms with Gasteiger partial charge in [-0.3, -0.25) is 10.3 Å². The van der Waals surface area contributed by atoms with Gasteiger partial charge in [-0.2, -0.15) is 0 Å². The van der Waals surface area contributed by atoms with E-state index >= 15 is 0 Å². The van der Waals surface area contributed by atoms with Crippen LogP contribution in [0.3, 0.4) is 0 Å². The van der Waals surface area contributed by atoms with Gasteiger partial charge in [-0.1, -0.05) is 42.1 Å². The zero-order valence-corrected chi connectivity index (χ0v) is 10.1. The summed E-state index contributed by atoms with van der Waals surface area (Å²) >= 11 is 1.37. The Morgan fingerprint density at radius 2 is 2.12 bits per heavy atom. The summed E-state index contributed by atoms with van der Waals surface area (Å²) in [6.45, 7) is 0.543. The van der Waals surface area contributed by atoms with Gasteiger partial charge in [-0.15, -0.1) is 0 Å². The average molecular weight is 238 g/mol. The molecule has 0 aliphatic rings. The lowest BCUT2D eigenvalue weighted by atomic mass is 10.2. The van der Waals surface area contributed by atoms with E-state index in [-0.39, 0.29) is 0 Å². The van der Waals surface area contributed by atoms with Gasteiger partial charge in [0.05, 0.1) is 13.7 Å². The molecule has 1 N–H and O–H groups in total. The third kappa shape index (κ3) is 4.35. The molecule has 1 aromatic carbocycles. The minimum absolute atomic E-state index is 0.499. The van der Waals surface area contributed by atoms with Crippen molar-refractivity contribution < 1.29 is 9.53 Å². The van der Waals surface area contributed by atoms with E-state index in [1.165, 1.54) is 18.9 Å². The fourth-order valence-corrected chi connectivity index (χ4v) is 1.42. The van der Waals surface area contributed by atoms with Crippen molar-refractivity contribution in [2.75, 3.05) is 13.4 Å². The SMILES string of the molecule is COC(=O)NC(=NCc1ccccc1)SC. The van der Waals surface area contributed by atoms with Gasteiger partial charge in [0.1, 0.15) is 0 Å². The molecular weight excluding hydrogens is 224 g/mol. The highest BCUT2D eigenvalue weighted by Gasteiger charge is 2.03. The molecule has 0 aliphatic heterocycles. The molecule has 0 saturated carbocycles. The van der Waals surface area contributed by atoms with Crippen LogP contribution in [0.4, 0.5) is 4.79 Å². The Balaban J connectivity index is 2.56. The van der Waals surface area contributed by atoms with E-state index in [9.17, 15) is 4.79 Å². The topological polar surface area (TPSA) is 50.7 Å². The lowest BCUT2D eigenvalue weighted by Crippen LogP contribution is -2.28. The van der Waals surface area contributed by atoms with Crippen LogP contribution in [0.25, 0.3) is 0 Å². The molecule has 0 heterocycles. The van der Waals surface area contributed by atoms with E-state index in [0.29, 0.717) is 11.7 Å². The standard InChI is InChI=1S/C11H14N2O2S/c1-15-11(14)13-10(16-2)12-8-9-6-4-3-5-7-9/h3-7H,8H2,1-2H3,(H,12,13,14). The maximum atomic E-state index is 11.0. The van der Waals surface area contributed by atoms with Crippen LogP contribution in [0.15, 0.2) is 35.3 Å². The van der Waals surface area contributed by atoms with E-state index < -0.39 is 6.09 Å². The van der Waals surface area contributed by atoms with Gasteiger partial charge < -0.3 is 4.74 Å². The van der Waals surface area contributed by atoms with E-state index in [1.807, 2.05) is 36.6 Å². The molecule has 0 aliphatic carbocycles. The molecule has 1 aromatic rings. The minimum atomic E-state index is -0.499. The summed E-state index contributed by atoms with van der Waals surface area (Å²) in [6, 6.07) is 9.84. The summed E-state index contributed by atoms with van der Waals surface area (Å²) in [4.78, 5) is 15.2. The Kier molecular flexibility index (Phi) is 5.42. The summed E-state index contributed by atoms with van der Waals surface area (Å²) in [7, 11) is 1.32. The number of carbonyl (C=O) groups is 1. The third-order valence-electron chi connectivity index (χ3n) is 1.84. The van der Waals surface area contributed by atoms with E-state index in [2.05, 4.69) is 15.0 Å². The van der Waals surface area contributed by atoms with Gasteiger partial charge in [0.15, 0.2) is 5.17 Å². The normalized spacial score (nSPS) is 11.0. The van der Waals surface area contributed by atoms with Crippen LogP contribution >= 0.6 is 11.8 Å². The molecule has 0 unspecified atom stereocenters. The highest BCUT2D eigenvalue weighted by molar-refractivity contribution is 8.13. The molecule has 0 radical (unpaired) electrons. The van der Waals surface area contributed by atoms with Crippen LogP contribution in [-0.2, 0) is 11.3 Å². The predicted octanol–water partition coefficient (Wildman–Crippen LogP) is 2.26. The summed E-state index contributed by atoms with van der Waals surface area (Å²) in [5.74, 6) is 0. The fourth-order valence-electron chi connectivity index (χ4n) is 1.04. The molecule has 1 amide bonds. The Morgan fingerprint density at radius 3 is 2.69 bits per heavy atom. The number of hydrogen-bond acceptors (Lipinski definition) is 4. The summed E-state index contributed by atoms with van der Waals surface area (Å²) < 4.78 is 4.49. The van der Waals surface area contributed by atoms with Crippen LogP contribution in [-0.4, -0.2) is 24.6 Å². The molecule has 0 saturated heterocycles. The Morgan fingerprint density at radius 1 is 1.44 bits per heavy atom. The van der Waals surface area contributed by atoms with Crippen molar-refractivity contribution >= 4 is 23.0 Å². The molecule has 0 bridgehead atoms. The first-order valence-electron chi connectivity index (χ1n) is 4.73. The maximum Gasteiger partial charge on any atom is 0.412 e. The van der Waals surface area contributed by atoms with E-state index in [4.69, 9.17) is 0 Å². The van der Waals surface area contributed by atoms with Crippen molar-refractivity contribution in [3.63, 3.8) is 0 Å². The number of thioether (sulfide) groups is 1. The number of amidine groups is 1. The van der Waals surface area contributed by atoms with Gasteiger partial charge in [0.25, 0.3) is 0 Å². The van der Waals surface area contributed by atoms with Crippen molar-refractivity contribution in [3.05, 3.63) is 35.9 Å². The van der Waals surface area contributed by atoms with Gasteiger partial charge in [0, 0.05) is 0 Å². The first kappa shape index (κ1) is 12.6. The molecule has 0 atom stereocenters. The molecular formula is C11H14N2O2S. The van der Waals surface area contributed by atoms with Gasteiger partial charge in [0.2, 0.25) is 0 Å². The van der Waals surface area contributed by atoms with Crippen LogP contribution in [0, 0.1) is 0 Å². The molecule has 4 nitrogen and oxygen atoms in total. The van der Waals surface area contributed by atoms with Crippen molar-refractivity contribution in [2.24, 2.45) is 4.99 Å². The molecule has 5 heteroatoms. The quantitative estimate of drug-likeness (QED) is 0.635. The number of methoxy groups -OCH3 is 1. The van der Waals surface area contributed by atoms with E-state index in [1.54, 1.807) is 0 Å². The van der Waals surface area contributed by atoms with Crippen molar-refractivity contribution in [1.29, 1.82) is 0 Å². The highest BCUT2D eigenvalue weighted by Crippen LogP contribution is 2.03. The number of rotatable bonds is 2. The Hall–Kier alpha value is -1.49. The molecule has 16 heavy (non-hydrogen) atoms. The number of benzene rings is 1. The van der Waals surface area contributed by atoms with E-state index in [0.717, 1.165) is 5.56 Å². The predicted molar refractivity (Wildman–Crippen MR) is 66.6 cm³/mol. The number of carbonyl (C=O) groups excluding carboxylic acids is 1. The zero-order valence-electron chi connectivity index (χ0n) is 9.27. The Labute approximate surface area is 99.1 Å². The van der Waals surface area contributed by atoms with Gasteiger partial charge in [-0.05, 0) is 11.8 Å². The second-order valence-electron chi connectivity index (χ2n) is 2.93. The highest BCUT2D eigenvalue weighted by atomic mass is 32.2. The van der Waals surface area contributed by atoms with Crippen molar-refractivity contribution in [3.8, 4) is 0 Å². The number of nitrogens with zero attached hydrogens (tertiary/aromatic N) is 1. The second kappa shape index (κ2) is 6.90. The molecule has 0 aromatic heterocycles. The molecule has 86 valence electrons. The van der Waals surface area contributed by atoms with Crippen molar-refractivity contribution in [1.82, 2.24) is 5.32 Å². The number of aliphatic imine (C=N–C) groups is 1. The fraction of sp³-hybridized carbons (Fsp3) is 0.273. The van der Waals surface area contributed by atoms with Gasteiger partial charge >= 0.3 is 6.09 Å². The average Bonchev–Trinajstić information content (AvgIpc) is 2.35. The zero-order chi connectivity index (χ0) is 11.8. The van der Waals surface area contributed by atoms with Crippen LogP contribution in [0.2, 0.25) is 0 Å². The van der Waals surface area contributed by atoms with Crippen LogP contribution in [0.1, 0.15) is 5.56 Å². The molecule has 0 spiro atoms. The number of amides is 1. The molecule has 0 fully saturated rings. The first-order chi connectivity index (χ1) is 7.76. The van der Waals surface area contributed by atoms with Crippen molar-refractivity contribution in [2.45, 2.75) is 6.54 Å². The maximum absolute atomic E-state index is 11.0. The minimum Gasteiger partial charge on any atom is -0.453 e.